The molecule has 1 aliphatic rings. The van der Waals surface area contributed by atoms with E-state index in [1.54, 1.807) is 18.2 Å². The first-order chi connectivity index (χ1) is 10.1. The quantitative estimate of drug-likeness (QED) is 0.836. The maximum absolute atomic E-state index is 12.3. The van der Waals surface area contributed by atoms with Crippen LogP contribution in [0.25, 0.3) is 6.08 Å². The van der Waals surface area contributed by atoms with E-state index in [2.05, 4.69) is 0 Å². The summed E-state index contributed by atoms with van der Waals surface area (Å²) >= 11 is 0. The molecule has 0 bridgehead atoms. The Balaban J connectivity index is 2.05. The molecule has 1 aliphatic heterocycles. The van der Waals surface area contributed by atoms with Crippen LogP contribution >= 0.6 is 0 Å². The van der Waals surface area contributed by atoms with Gasteiger partial charge < -0.3 is 19.2 Å². The molecule has 2 heterocycles. The largest absolute Gasteiger partial charge is 0.480 e. The van der Waals surface area contributed by atoms with E-state index in [4.69, 9.17) is 14.3 Å². The number of amides is 1. The Hall–Kier alpha value is -2.08. The lowest BCUT2D eigenvalue weighted by atomic mass is 10.1. The van der Waals surface area contributed by atoms with Gasteiger partial charge in [0.05, 0.1) is 0 Å². The van der Waals surface area contributed by atoms with E-state index in [1.165, 1.54) is 11.0 Å². The Morgan fingerprint density at radius 1 is 1.38 bits per heavy atom. The number of rotatable bonds is 5. The predicted octanol–water partition coefficient (Wildman–Crippen LogP) is 1.69. The fourth-order valence-electron chi connectivity index (χ4n) is 2.32. The summed E-state index contributed by atoms with van der Waals surface area (Å²) in [4.78, 5) is 24.6. The third kappa shape index (κ3) is 4.46. The summed E-state index contributed by atoms with van der Waals surface area (Å²) in [6.07, 6.45) is 4.24. The highest BCUT2D eigenvalue weighted by atomic mass is 16.5. The summed E-state index contributed by atoms with van der Waals surface area (Å²) < 4.78 is 10.6. The molecule has 114 valence electrons. The van der Waals surface area contributed by atoms with E-state index < -0.39 is 5.97 Å². The third-order valence-corrected chi connectivity index (χ3v) is 3.37. The van der Waals surface area contributed by atoms with Gasteiger partial charge in [-0.3, -0.25) is 9.59 Å². The van der Waals surface area contributed by atoms with E-state index >= 15 is 0 Å². The molecule has 0 unspecified atom stereocenters. The molecule has 1 N–H and O–H groups in total. The van der Waals surface area contributed by atoms with Crippen LogP contribution in [0.4, 0.5) is 0 Å². The van der Waals surface area contributed by atoms with Crippen LogP contribution in [0.5, 0.6) is 0 Å². The van der Waals surface area contributed by atoms with Crippen molar-refractivity contribution in [2.45, 2.75) is 25.8 Å². The molecule has 2 rings (SSSR count). The van der Waals surface area contributed by atoms with E-state index in [-0.39, 0.29) is 18.5 Å². The lowest BCUT2D eigenvalue weighted by molar-refractivity contribution is -0.145. The SMILES string of the molecule is Cc1ccc(/C=C/C(=O)N(CC(=O)O)C2CCOCC2)o1. The van der Waals surface area contributed by atoms with Crippen molar-refractivity contribution in [3.8, 4) is 0 Å². The zero-order valence-corrected chi connectivity index (χ0v) is 11.9. The molecule has 1 aromatic rings. The smallest absolute Gasteiger partial charge is 0.323 e. The minimum atomic E-state index is -1.02. The number of aliphatic carboxylic acids is 1. The fourth-order valence-corrected chi connectivity index (χ4v) is 2.32. The monoisotopic (exact) mass is 293 g/mol. The van der Waals surface area contributed by atoms with Crippen molar-refractivity contribution in [3.63, 3.8) is 0 Å². The standard InChI is InChI=1S/C15H19NO5/c1-11-2-3-13(21-11)4-5-14(17)16(10-15(18)19)12-6-8-20-9-7-12/h2-5,12H,6-10H2,1H3,(H,18,19)/b5-4+. The van der Waals surface area contributed by atoms with Crippen LogP contribution in [-0.4, -0.2) is 47.7 Å². The Morgan fingerprint density at radius 3 is 2.67 bits per heavy atom. The van der Waals surface area contributed by atoms with Gasteiger partial charge in [-0.1, -0.05) is 0 Å². The van der Waals surface area contributed by atoms with Gasteiger partial charge in [-0.05, 0) is 38.0 Å². The van der Waals surface area contributed by atoms with Crippen molar-refractivity contribution in [1.29, 1.82) is 0 Å². The van der Waals surface area contributed by atoms with Gasteiger partial charge in [0.1, 0.15) is 18.1 Å². The van der Waals surface area contributed by atoms with Crippen LogP contribution in [0.15, 0.2) is 22.6 Å². The van der Waals surface area contributed by atoms with Crippen LogP contribution in [0.1, 0.15) is 24.4 Å². The molecule has 1 saturated heterocycles. The van der Waals surface area contributed by atoms with Gasteiger partial charge in [0, 0.05) is 25.3 Å². The molecular weight excluding hydrogens is 274 g/mol. The second kappa shape index (κ2) is 7.08. The molecule has 0 aliphatic carbocycles. The number of furan rings is 1. The summed E-state index contributed by atoms with van der Waals surface area (Å²) in [6.45, 7) is 2.62. The van der Waals surface area contributed by atoms with E-state index in [0.29, 0.717) is 31.8 Å². The number of carboxylic acid groups (broad SMARTS) is 1. The topological polar surface area (TPSA) is 80.0 Å². The first-order valence-corrected chi connectivity index (χ1v) is 6.91. The zero-order chi connectivity index (χ0) is 15.2. The second-order valence-corrected chi connectivity index (χ2v) is 4.99. The molecule has 21 heavy (non-hydrogen) atoms. The summed E-state index contributed by atoms with van der Waals surface area (Å²) in [5.41, 5.74) is 0. The maximum Gasteiger partial charge on any atom is 0.323 e. The molecule has 0 radical (unpaired) electrons. The van der Waals surface area contributed by atoms with Crippen molar-refractivity contribution in [1.82, 2.24) is 4.90 Å². The molecule has 0 saturated carbocycles. The molecular formula is C15H19NO5. The highest BCUT2D eigenvalue weighted by molar-refractivity contribution is 5.93. The van der Waals surface area contributed by atoms with Crippen LogP contribution in [0.2, 0.25) is 0 Å². The number of nitrogens with zero attached hydrogens (tertiary/aromatic N) is 1. The van der Waals surface area contributed by atoms with Crippen LogP contribution < -0.4 is 0 Å². The minimum Gasteiger partial charge on any atom is -0.480 e. The average molecular weight is 293 g/mol. The Labute approximate surface area is 123 Å². The number of ether oxygens (including phenoxy) is 1. The predicted molar refractivity (Wildman–Crippen MR) is 75.7 cm³/mol. The van der Waals surface area contributed by atoms with Crippen molar-refractivity contribution in [2.24, 2.45) is 0 Å². The third-order valence-electron chi connectivity index (χ3n) is 3.37. The molecule has 0 spiro atoms. The van der Waals surface area contributed by atoms with Crippen molar-refractivity contribution in [2.75, 3.05) is 19.8 Å². The Bertz CT molecular complexity index is 528. The van der Waals surface area contributed by atoms with Crippen LogP contribution in [-0.2, 0) is 14.3 Å². The highest BCUT2D eigenvalue weighted by Crippen LogP contribution is 2.16. The first-order valence-electron chi connectivity index (χ1n) is 6.91. The Kier molecular flexibility index (Phi) is 5.16. The minimum absolute atomic E-state index is 0.0923. The second-order valence-electron chi connectivity index (χ2n) is 4.99. The highest BCUT2D eigenvalue weighted by Gasteiger charge is 2.26. The molecule has 0 aromatic carbocycles. The van der Waals surface area contributed by atoms with Crippen molar-refractivity contribution >= 4 is 18.0 Å². The van der Waals surface area contributed by atoms with Crippen LogP contribution in [0.3, 0.4) is 0 Å². The van der Waals surface area contributed by atoms with Gasteiger partial charge in [0.2, 0.25) is 5.91 Å². The van der Waals surface area contributed by atoms with Crippen molar-refractivity contribution in [3.05, 3.63) is 29.7 Å². The van der Waals surface area contributed by atoms with E-state index in [9.17, 15) is 9.59 Å². The summed E-state index contributed by atoms with van der Waals surface area (Å²) in [5.74, 6) is -0.00698. The molecule has 1 fully saturated rings. The Morgan fingerprint density at radius 2 is 2.10 bits per heavy atom. The average Bonchev–Trinajstić information content (AvgIpc) is 2.88. The number of carboxylic acids is 1. The number of hydrogen-bond acceptors (Lipinski definition) is 4. The van der Waals surface area contributed by atoms with Gasteiger partial charge in [-0.25, -0.2) is 0 Å². The summed E-state index contributed by atoms with van der Waals surface area (Å²) in [6, 6.07) is 3.47. The number of carbonyl (C=O) groups is 2. The summed E-state index contributed by atoms with van der Waals surface area (Å²) in [5, 5.41) is 8.98. The fraction of sp³-hybridized carbons (Fsp3) is 0.467. The van der Waals surface area contributed by atoms with Gasteiger partial charge in [-0.2, -0.15) is 0 Å². The number of carbonyl (C=O) groups excluding carboxylic acids is 1. The number of hydrogen-bond donors (Lipinski definition) is 1. The first kappa shape index (κ1) is 15.3. The lowest BCUT2D eigenvalue weighted by Gasteiger charge is -2.32. The van der Waals surface area contributed by atoms with Crippen LogP contribution in [0, 0.1) is 6.92 Å². The normalized spacial score (nSPS) is 16.2. The molecule has 6 nitrogen and oxygen atoms in total. The van der Waals surface area contributed by atoms with Gasteiger partial charge in [0.15, 0.2) is 0 Å². The number of aryl methyl sites for hydroxylation is 1. The summed E-state index contributed by atoms with van der Waals surface area (Å²) in [7, 11) is 0. The van der Waals surface area contributed by atoms with Crippen molar-refractivity contribution < 1.29 is 23.8 Å². The zero-order valence-electron chi connectivity index (χ0n) is 11.9. The lowest BCUT2D eigenvalue weighted by Crippen LogP contribution is -2.45. The van der Waals surface area contributed by atoms with Gasteiger partial charge >= 0.3 is 5.97 Å². The molecule has 6 heteroatoms. The van der Waals surface area contributed by atoms with Gasteiger partial charge in [0.25, 0.3) is 0 Å². The van der Waals surface area contributed by atoms with E-state index in [0.717, 1.165) is 5.76 Å². The maximum atomic E-state index is 12.3. The molecule has 0 atom stereocenters. The molecule has 1 aromatic heterocycles. The van der Waals surface area contributed by atoms with Gasteiger partial charge in [-0.15, -0.1) is 0 Å². The molecule has 1 amide bonds. The van der Waals surface area contributed by atoms with E-state index in [1.807, 2.05) is 6.92 Å².